The topological polar surface area (TPSA) is 12.0 Å². The van der Waals surface area contributed by atoms with Gasteiger partial charge in [-0.15, -0.1) is 0 Å². The number of hydrogen-bond acceptors (Lipinski definition) is 1. The van der Waals surface area contributed by atoms with Gasteiger partial charge < -0.3 is 5.32 Å². The SMILES string of the molecule is CC1(C)C2CCC1(C)C(NC1CCCC(C(F)(F)F)C1)C2. The molecule has 3 aliphatic rings. The highest BCUT2D eigenvalue weighted by molar-refractivity contribution is 5.13. The molecule has 21 heavy (non-hydrogen) atoms. The minimum atomic E-state index is -4.02. The lowest BCUT2D eigenvalue weighted by Gasteiger charge is -2.42. The van der Waals surface area contributed by atoms with Gasteiger partial charge in [0.1, 0.15) is 0 Å². The van der Waals surface area contributed by atoms with Crippen molar-refractivity contribution in [1.82, 2.24) is 5.32 Å². The minimum Gasteiger partial charge on any atom is -0.311 e. The van der Waals surface area contributed by atoms with Gasteiger partial charge in [0.25, 0.3) is 0 Å². The van der Waals surface area contributed by atoms with Gasteiger partial charge in [0.15, 0.2) is 0 Å². The molecule has 0 aromatic rings. The quantitative estimate of drug-likeness (QED) is 0.764. The first kappa shape index (κ1) is 15.6. The molecule has 2 bridgehead atoms. The predicted octanol–water partition coefficient (Wildman–Crippen LogP) is 4.91. The van der Waals surface area contributed by atoms with Crippen LogP contribution in [-0.4, -0.2) is 18.3 Å². The monoisotopic (exact) mass is 303 g/mol. The molecule has 1 N–H and O–H groups in total. The van der Waals surface area contributed by atoms with Crippen molar-refractivity contribution in [2.45, 2.75) is 84.0 Å². The van der Waals surface area contributed by atoms with Crippen LogP contribution in [0.25, 0.3) is 0 Å². The molecule has 5 unspecified atom stereocenters. The summed E-state index contributed by atoms with van der Waals surface area (Å²) in [5.74, 6) is -0.356. The molecule has 0 amide bonds. The van der Waals surface area contributed by atoms with E-state index in [0.29, 0.717) is 24.3 Å². The summed E-state index contributed by atoms with van der Waals surface area (Å²) in [6, 6.07) is 0.464. The first-order chi connectivity index (χ1) is 9.64. The zero-order chi connectivity index (χ0) is 15.5. The summed E-state index contributed by atoms with van der Waals surface area (Å²) in [7, 11) is 0. The molecule has 5 atom stereocenters. The van der Waals surface area contributed by atoms with E-state index in [1.807, 2.05) is 0 Å². The molecule has 0 aliphatic heterocycles. The third-order valence-electron chi connectivity index (χ3n) is 7.37. The first-order valence-corrected chi connectivity index (χ1v) is 8.47. The molecule has 122 valence electrons. The Morgan fingerprint density at radius 3 is 2.24 bits per heavy atom. The Morgan fingerprint density at radius 1 is 1.00 bits per heavy atom. The second kappa shape index (κ2) is 4.87. The van der Waals surface area contributed by atoms with E-state index in [9.17, 15) is 13.2 Å². The maximum atomic E-state index is 12.9. The first-order valence-electron chi connectivity index (χ1n) is 8.47. The Labute approximate surface area is 126 Å². The molecule has 3 fully saturated rings. The zero-order valence-electron chi connectivity index (χ0n) is 13.4. The van der Waals surface area contributed by atoms with Crippen molar-refractivity contribution in [2.24, 2.45) is 22.7 Å². The zero-order valence-corrected chi connectivity index (χ0v) is 13.4. The van der Waals surface area contributed by atoms with E-state index in [2.05, 4.69) is 26.1 Å². The molecular formula is C17H28F3N. The number of fused-ring (bicyclic) bond motifs is 2. The molecule has 0 aromatic heterocycles. The molecule has 1 nitrogen and oxygen atoms in total. The van der Waals surface area contributed by atoms with Crippen molar-refractivity contribution in [3.8, 4) is 0 Å². The molecule has 0 saturated heterocycles. The summed E-state index contributed by atoms with van der Waals surface area (Å²) < 4.78 is 38.8. The summed E-state index contributed by atoms with van der Waals surface area (Å²) in [5, 5.41) is 3.65. The lowest BCUT2D eigenvalue weighted by molar-refractivity contribution is -0.184. The molecule has 0 heterocycles. The second-order valence-corrected chi connectivity index (χ2v) is 8.43. The number of hydrogen-bond donors (Lipinski definition) is 1. The third kappa shape index (κ3) is 2.42. The van der Waals surface area contributed by atoms with E-state index in [-0.39, 0.29) is 17.9 Å². The van der Waals surface area contributed by atoms with Gasteiger partial charge in [0, 0.05) is 12.1 Å². The summed E-state index contributed by atoms with van der Waals surface area (Å²) >= 11 is 0. The lowest BCUT2D eigenvalue weighted by Crippen LogP contribution is -2.50. The van der Waals surface area contributed by atoms with E-state index in [4.69, 9.17) is 0 Å². The predicted molar refractivity (Wildman–Crippen MR) is 78.0 cm³/mol. The van der Waals surface area contributed by atoms with Crippen LogP contribution in [0, 0.1) is 22.7 Å². The standard InChI is InChI=1S/C17H28F3N/c1-15(2)11-7-8-16(15,3)14(10-11)21-13-6-4-5-12(9-13)17(18,19)20/h11-14,21H,4-10H2,1-3H3. The Bertz CT molecular complexity index is 403. The van der Waals surface area contributed by atoms with E-state index in [0.717, 1.165) is 18.8 Å². The van der Waals surface area contributed by atoms with Crippen LogP contribution < -0.4 is 5.32 Å². The Kier molecular flexibility index (Phi) is 3.63. The van der Waals surface area contributed by atoms with E-state index < -0.39 is 12.1 Å². The fraction of sp³-hybridized carbons (Fsp3) is 1.00. The normalized spacial score (nSPS) is 46.0. The van der Waals surface area contributed by atoms with Crippen molar-refractivity contribution in [3.63, 3.8) is 0 Å². The van der Waals surface area contributed by atoms with E-state index >= 15 is 0 Å². The van der Waals surface area contributed by atoms with Crippen LogP contribution >= 0.6 is 0 Å². The molecule has 4 heteroatoms. The largest absolute Gasteiger partial charge is 0.391 e. The highest BCUT2D eigenvalue weighted by Gasteiger charge is 2.61. The molecular weight excluding hydrogens is 275 g/mol. The summed E-state index contributed by atoms with van der Waals surface area (Å²) in [5.41, 5.74) is 0.575. The van der Waals surface area contributed by atoms with Crippen LogP contribution in [0.15, 0.2) is 0 Å². The van der Waals surface area contributed by atoms with Crippen molar-refractivity contribution in [1.29, 1.82) is 0 Å². The maximum Gasteiger partial charge on any atom is 0.391 e. The fourth-order valence-electron chi connectivity index (χ4n) is 5.38. The maximum absolute atomic E-state index is 12.9. The second-order valence-electron chi connectivity index (χ2n) is 8.43. The number of halogens is 3. The summed E-state index contributed by atoms with van der Waals surface area (Å²) in [6.45, 7) is 7.05. The Hall–Kier alpha value is -0.250. The molecule has 0 spiro atoms. The molecule has 0 radical (unpaired) electrons. The van der Waals surface area contributed by atoms with Crippen LogP contribution in [0.3, 0.4) is 0 Å². The highest BCUT2D eigenvalue weighted by atomic mass is 19.4. The molecule has 3 saturated carbocycles. The van der Waals surface area contributed by atoms with Crippen molar-refractivity contribution in [3.05, 3.63) is 0 Å². The van der Waals surface area contributed by atoms with Crippen molar-refractivity contribution < 1.29 is 13.2 Å². The lowest BCUT2D eigenvalue weighted by atomic mass is 9.69. The number of alkyl halides is 3. The van der Waals surface area contributed by atoms with E-state index in [1.54, 1.807) is 0 Å². The van der Waals surface area contributed by atoms with Crippen LogP contribution in [-0.2, 0) is 0 Å². The summed E-state index contributed by atoms with van der Waals surface area (Å²) in [6.07, 6.45) is 1.85. The van der Waals surface area contributed by atoms with Gasteiger partial charge in [-0.2, -0.15) is 13.2 Å². The van der Waals surface area contributed by atoms with Gasteiger partial charge in [0.2, 0.25) is 0 Å². The van der Waals surface area contributed by atoms with Crippen LogP contribution in [0.4, 0.5) is 13.2 Å². The van der Waals surface area contributed by atoms with Crippen LogP contribution in [0.5, 0.6) is 0 Å². The molecule has 3 rings (SSSR count). The van der Waals surface area contributed by atoms with Gasteiger partial charge in [-0.05, 0) is 55.3 Å². The molecule has 3 aliphatic carbocycles. The van der Waals surface area contributed by atoms with Crippen LogP contribution in [0.1, 0.15) is 65.7 Å². The van der Waals surface area contributed by atoms with Gasteiger partial charge in [0.05, 0.1) is 5.92 Å². The highest BCUT2D eigenvalue weighted by Crippen LogP contribution is 2.65. The Morgan fingerprint density at radius 2 is 1.71 bits per heavy atom. The van der Waals surface area contributed by atoms with Crippen molar-refractivity contribution in [2.75, 3.05) is 0 Å². The number of nitrogens with one attached hydrogen (secondary N) is 1. The minimum absolute atomic E-state index is 0.0577. The fourth-order valence-corrected chi connectivity index (χ4v) is 5.38. The van der Waals surface area contributed by atoms with Gasteiger partial charge in [-0.1, -0.05) is 27.2 Å². The van der Waals surface area contributed by atoms with E-state index in [1.165, 1.54) is 12.8 Å². The van der Waals surface area contributed by atoms with Crippen LogP contribution in [0.2, 0.25) is 0 Å². The average Bonchev–Trinajstić information content (AvgIpc) is 2.71. The Balaban J connectivity index is 1.66. The van der Waals surface area contributed by atoms with Crippen molar-refractivity contribution >= 4 is 0 Å². The van der Waals surface area contributed by atoms with Gasteiger partial charge in [-0.25, -0.2) is 0 Å². The van der Waals surface area contributed by atoms with Gasteiger partial charge in [-0.3, -0.25) is 0 Å². The van der Waals surface area contributed by atoms with Gasteiger partial charge >= 0.3 is 6.18 Å². The molecule has 0 aromatic carbocycles. The third-order valence-corrected chi connectivity index (χ3v) is 7.37. The smallest absolute Gasteiger partial charge is 0.311 e. The average molecular weight is 303 g/mol. The number of rotatable bonds is 2. The summed E-state index contributed by atoms with van der Waals surface area (Å²) in [4.78, 5) is 0.